The average molecular weight is 334 g/mol. The molecule has 0 aromatic carbocycles. The minimum atomic E-state index is -3.86. The van der Waals surface area contributed by atoms with Gasteiger partial charge in [-0.3, -0.25) is 4.79 Å². The van der Waals surface area contributed by atoms with Gasteiger partial charge in [0, 0.05) is 5.92 Å². The van der Waals surface area contributed by atoms with Crippen molar-refractivity contribution < 1.29 is 13.2 Å². The highest BCUT2D eigenvalue weighted by Crippen LogP contribution is 2.30. The van der Waals surface area contributed by atoms with Crippen molar-refractivity contribution in [3.05, 3.63) is 27.6 Å². The van der Waals surface area contributed by atoms with Crippen LogP contribution in [0.2, 0.25) is 5.02 Å². The Balaban J connectivity index is 2.11. The largest absolute Gasteiger partial charge is 0.275 e. The molecule has 1 aliphatic carbocycles. The molecule has 110 valence electrons. The maximum absolute atomic E-state index is 12.1. The van der Waals surface area contributed by atoms with Crippen molar-refractivity contribution >= 4 is 38.9 Å². The Kier molecular flexibility index (Phi) is 4.56. The van der Waals surface area contributed by atoms with E-state index < -0.39 is 15.9 Å². The Morgan fingerprint density at radius 3 is 2.65 bits per heavy atom. The van der Waals surface area contributed by atoms with Crippen LogP contribution in [0.15, 0.2) is 26.8 Å². The Hall–Kier alpha value is -0.850. The van der Waals surface area contributed by atoms with E-state index >= 15 is 0 Å². The van der Waals surface area contributed by atoms with Gasteiger partial charge in [-0.25, -0.2) is 13.1 Å². The Morgan fingerprint density at radius 2 is 2.10 bits per heavy atom. The highest BCUT2D eigenvalue weighted by atomic mass is 35.5. The maximum Gasteiger partial charge on any atom is 0.275 e. The molecule has 1 aromatic heterocycles. The number of carbonyl (C=O) groups excluding carboxylic acids is 1. The predicted molar refractivity (Wildman–Crippen MR) is 80.4 cm³/mol. The van der Waals surface area contributed by atoms with Gasteiger partial charge in [-0.05, 0) is 44.6 Å². The van der Waals surface area contributed by atoms with Crippen LogP contribution in [0.3, 0.4) is 0 Å². The number of rotatable bonds is 3. The van der Waals surface area contributed by atoms with Crippen LogP contribution in [0.1, 0.15) is 33.1 Å². The number of hydrogen-bond acceptors (Lipinski definition) is 4. The van der Waals surface area contributed by atoms with Crippen LogP contribution >= 0.6 is 22.9 Å². The summed E-state index contributed by atoms with van der Waals surface area (Å²) in [7, 11) is -3.86. The van der Waals surface area contributed by atoms with Crippen molar-refractivity contribution in [1.29, 1.82) is 0 Å². The van der Waals surface area contributed by atoms with E-state index in [4.69, 9.17) is 11.6 Å². The molecule has 0 bridgehead atoms. The summed E-state index contributed by atoms with van der Waals surface area (Å²) in [6.45, 7) is 4.03. The van der Waals surface area contributed by atoms with E-state index in [9.17, 15) is 13.2 Å². The second-order valence-electron chi connectivity index (χ2n) is 5.03. The van der Waals surface area contributed by atoms with Gasteiger partial charge in [-0.1, -0.05) is 22.7 Å². The number of nitrogens with one attached hydrogen (secondary N) is 1. The Morgan fingerprint density at radius 1 is 1.40 bits per heavy atom. The van der Waals surface area contributed by atoms with Gasteiger partial charge in [0.25, 0.3) is 10.0 Å². The molecule has 0 spiro atoms. The van der Waals surface area contributed by atoms with Crippen LogP contribution in [0, 0.1) is 5.92 Å². The molecule has 2 rings (SSSR count). The summed E-state index contributed by atoms with van der Waals surface area (Å²) in [6, 6.07) is 1.50. The van der Waals surface area contributed by atoms with Crippen molar-refractivity contribution in [2.45, 2.75) is 37.3 Å². The van der Waals surface area contributed by atoms with E-state index in [1.54, 1.807) is 5.38 Å². The highest BCUT2D eigenvalue weighted by molar-refractivity contribution is 7.92. The summed E-state index contributed by atoms with van der Waals surface area (Å²) in [5.41, 5.74) is 2.46. The van der Waals surface area contributed by atoms with Gasteiger partial charge in [-0.15, -0.1) is 11.3 Å². The van der Waals surface area contributed by atoms with Crippen LogP contribution < -0.4 is 4.72 Å². The Bertz CT molecular complexity index is 661. The second kappa shape index (κ2) is 5.87. The van der Waals surface area contributed by atoms with Crippen LogP contribution in [0.5, 0.6) is 0 Å². The molecular formula is C13H16ClNO3S2. The van der Waals surface area contributed by atoms with Crippen molar-refractivity contribution in [2.24, 2.45) is 5.92 Å². The number of allylic oxidation sites excluding steroid dienone is 2. The SMILES string of the molecule is CC1=C(C)CC(C(=O)NS(=O)(=O)c2sccc2Cl)CC1. The Labute approximate surface area is 127 Å². The zero-order valence-corrected chi connectivity index (χ0v) is 13.7. The predicted octanol–water partition coefficient (Wildman–Crippen LogP) is 3.34. The lowest BCUT2D eigenvalue weighted by Crippen LogP contribution is -2.36. The molecule has 1 heterocycles. The first kappa shape index (κ1) is 15.5. The third kappa shape index (κ3) is 3.24. The van der Waals surface area contributed by atoms with Crippen molar-refractivity contribution in [3.8, 4) is 0 Å². The lowest BCUT2D eigenvalue weighted by molar-refractivity contribution is -0.123. The molecule has 1 N–H and O–H groups in total. The summed E-state index contributed by atoms with van der Waals surface area (Å²) >= 11 is 6.81. The molecule has 1 aliphatic rings. The van der Waals surface area contributed by atoms with Crippen molar-refractivity contribution in [2.75, 3.05) is 0 Å². The summed E-state index contributed by atoms with van der Waals surface area (Å²) in [4.78, 5) is 12.1. The third-order valence-electron chi connectivity index (χ3n) is 3.58. The number of hydrogen-bond donors (Lipinski definition) is 1. The average Bonchev–Trinajstić information content (AvgIpc) is 2.79. The van der Waals surface area contributed by atoms with Crippen LogP contribution in [-0.2, 0) is 14.8 Å². The lowest BCUT2D eigenvalue weighted by Gasteiger charge is -2.23. The quantitative estimate of drug-likeness (QED) is 0.863. The zero-order chi connectivity index (χ0) is 14.9. The van der Waals surface area contributed by atoms with E-state index in [1.807, 2.05) is 13.8 Å². The first-order valence-corrected chi connectivity index (χ1v) is 9.00. The van der Waals surface area contributed by atoms with E-state index in [0.717, 1.165) is 17.8 Å². The molecule has 7 heteroatoms. The van der Waals surface area contributed by atoms with Gasteiger partial charge in [0.1, 0.15) is 0 Å². The molecule has 0 aliphatic heterocycles. The van der Waals surface area contributed by atoms with Gasteiger partial charge in [-0.2, -0.15) is 0 Å². The summed E-state index contributed by atoms with van der Waals surface area (Å²) in [5, 5.41) is 1.73. The van der Waals surface area contributed by atoms with Gasteiger partial charge < -0.3 is 0 Å². The molecule has 4 nitrogen and oxygen atoms in total. The number of thiophene rings is 1. The summed E-state index contributed by atoms with van der Waals surface area (Å²) in [5.74, 6) is -0.728. The molecule has 20 heavy (non-hydrogen) atoms. The first-order valence-electron chi connectivity index (χ1n) is 6.26. The molecule has 0 fully saturated rings. The van der Waals surface area contributed by atoms with Crippen LogP contribution in [0.4, 0.5) is 0 Å². The topological polar surface area (TPSA) is 63.2 Å². The lowest BCUT2D eigenvalue weighted by atomic mass is 9.85. The second-order valence-corrected chi connectivity index (χ2v) is 8.23. The molecule has 0 saturated carbocycles. The third-order valence-corrected chi connectivity index (χ3v) is 6.95. The van der Waals surface area contributed by atoms with Crippen LogP contribution in [0.25, 0.3) is 0 Å². The molecular weight excluding hydrogens is 318 g/mol. The van der Waals surface area contributed by atoms with E-state index in [0.29, 0.717) is 12.8 Å². The number of sulfonamides is 1. The molecule has 1 unspecified atom stereocenters. The normalized spacial score (nSPS) is 20.1. The van der Waals surface area contributed by atoms with E-state index in [-0.39, 0.29) is 15.1 Å². The highest BCUT2D eigenvalue weighted by Gasteiger charge is 2.28. The molecule has 1 atom stereocenters. The van der Waals surface area contributed by atoms with Crippen molar-refractivity contribution in [3.63, 3.8) is 0 Å². The fraction of sp³-hybridized carbons (Fsp3) is 0.462. The summed E-state index contributed by atoms with van der Waals surface area (Å²) < 4.78 is 26.3. The van der Waals surface area contributed by atoms with E-state index in [2.05, 4.69) is 4.72 Å². The van der Waals surface area contributed by atoms with Gasteiger partial charge in [0.2, 0.25) is 5.91 Å². The minimum absolute atomic E-state index is 0.00762. The van der Waals surface area contributed by atoms with Gasteiger partial charge in [0.15, 0.2) is 4.21 Å². The first-order chi connectivity index (χ1) is 9.31. The number of halogens is 1. The molecule has 1 aromatic rings. The van der Waals surface area contributed by atoms with Gasteiger partial charge >= 0.3 is 0 Å². The summed E-state index contributed by atoms with van der Waals surface area (Å²) in [6.07, 6.45) is 2.14. The monoisotopic (exact) mass is 333 g/mol. The minimum Gasteiger partial charge on any atom is -0.274 e. The molecule has 0 saturated heterocycles. The fourth-order valence-electron chi connectivity index (χ4n) is 2.21. The maximum atomic E-state index is 12.1. The number of amides is 1. The van der Waals surface area contributed by atoms with E-state index in [1.165, 1.54) is 17.2 Å². The van der Waals surface area contributed by atoms with Crippen molar-refractivity contribution in [1.82, 2.24) is 4.72 Å². The smallest absolute Gasteiger partial charge is 0.274 e. The van der Waals surface area contributed by atoms with Crippen LogP contribution in [-0.4, -0.2) is 14.3 Å². The van der Waals surface area contributed by atoms with Gasteiger partial charge in [0.05, 0.1) is 5.02 Å². The standard InChI is InChI=1S/C13H16ClNO3S2/c1-8-3-4-10(7-9(8)2)12(16)15-20(17,18)13-11(14)5-6-19-13/h5-6,10H,3-4,7H2,1-2H3,(H,15,16). The zero-order valence-electron chi connectivity index (χ0n) is 11.3. The molecule has 0 radical (unpaired) electrons. The fourth-order valence-corrected chi connectivity index (χ4v) is 4.94. The number of carbonyl (C=O) groups is 1. The molecule has 1 amide bonds.